The number of esters is 1. The largest absolute Gasteiger partial charge is 0.466 e. The van der Waals surface area contributed by atoms with Crippen LogP contribution in [0.2, 0.25) is 0 Å². The summed E-state index contributed by atoms with van der Waals surface area (Å²) in [4.78, 5) is 24.4. The molecule has 0 aliphatic heterocycles. The van der Waals surface area contributed by atoms with Crippen molar-refractivity contribution in [2.75, 3.05) is 13.2 Å². The number of aliphatic hydroxyl groups is 2. The molecule has 0 aromatic carbocycles. The Morgan fingerprint density at radius 1 is 0.483 bits per heavy atom. The number of rotatable bonds is 47. The third-order valence-electron chi connectivity index (χ3n) is 11.8. The van der Waals surface area contributed by atoms with Gasteiger partial charge < -0.3 is 20.3 Å². The SMILES string of the molecule is CCCCCCCCCCCCCCCCCC(O)C(CO)NC(=O)CC/C=C\C/C=C\CCCCCCCCOC(=O)CCCCCCCCCCCCCCC. The fourth-order valence-electron chi connectivity index (χ4n) is 7.81. The zero-order chi connectivity index (χ0) is 42.3. The van der Waals surface area contributed by atoms with Crippen LogP contribution in [0.4, 0.5) is 0 Å². The summed E-state index contributed by atoms with van der Waals surface area (Å²) in [5.41, 5.74) is 0. The van der Waals surface area contributed by atoms with Gasteiger partial charge in [-0.15, -0.1) is 0 Å². The van der Waals surface area contributed by atoms with E-state index >= 15 is 0 Å². The molecular weight excluding hydrogens is 719 g/mol. The van der Waals surface area contributed by atoms with Crippen LogP contribution in [0, 0.1) is 0 Å². The fraction of sp³-hybridized carbons (Fsp3) is 0.885. The van der Waals surface area contributed by atoms with Gasteiger partial charge in [-0.25, -0.2) is 0 Å². The van der Waals surface area contributed by atoms with Crippen LogP contribution in [0.1, 0.15) is 271 Å². The zero-order valence-corrected chi connectivity index (χ0v) is 38.8. The Hall–Kier alpha value is -1.66. The molecule has 0 aromatic heterocycles. The summed E-state index contributed by atoms with van der Waals surface area (Å²) in [6.07, 6.45) is 55.8. The predicted molar refractivity (Wildman–Crippen MR) is 250 cm³/mol. The molecule has 0 radical (unpaired) electrons. The lowest BCUT2D eigenvalue weighted by atomic mass is 10.0. The Morgan fingerprint density at radius 3 is 1.34 bits per heavy atom. The quantitative estimate of drug-likeness (QED) is 0.0323. The van der Waals surface area contributed by atoms with Gasteiger partial charge in [-0.2, -0.15) is 0 Å². The molecule has 0 saturated heterocycles. The highest BCUT2D eigenvalue weighted by Gasteiger charge is 2.19. The van der Waals surface area contributed by atoms with Crippen molar-refractivity contribution in [3.63, 3.8) is 0 Å². The van der Waals surface area contributed by atoms with Crippen LogP contribution < -0.4 is 5.32 Å². The minimum absolute atomic E-state index is 0.0156. The van der Waals surface area contributed by atoms with Crippen molar-refractivity contribution < 1.29 is 24.5 Å². The number of unbranched alkanes of at least 4 members (excludes halogenated alkanes) is 32. The molecule has 0 bridgehead atoms. The summed E-state index contributed by atoms with van der Waals surface area (Å²) >= 11 is 0. The Balaban J connectivity index is 3.55. The Bertz CT molecular complexity index is 904. The molecule has 342 valence electrons. The molecule has 0 aromatic rings. The van der Waals surface area contributed by atoms with Gasteiger partial charge in [0, 0.05) is 12.8 Å². The Kier molecular flexibility index (Phi) is 46.6. The molecule has 1 amide bonds. The van der Waals surface area contributed by atoms with Crippen LogP contribution >= 0.6 is 0 Å². The summed E-state index contributed by atoms with van der Waals surface area (Å²) in [5, 5.41) is 23.1. The van der Waals surface area contributed by atoms with Crippen molar-refractivity contribution in [3.8, 4) is 0 Å². The van der Waals surface area contributed by atoms with Crippen LogP contribution in [0.5, 0.6) is 0 Å². The number of ether oxygens (including phenoxy) is 1. The molecule has 0 rings (SSSR count). The maximum atomic E-state index is 12.4. The highest BCUT2D eigenvalue weighted by molar-refractivity contribution is 5.76. The minimum Gasteiger partial charge on any atom is -0.466 e. The van der Waals surface area contributed by atoms with Crippen LogP contribution in [-0.2, 0) is 14.3 Å². The molecule has 3 N–H and O–H groups in total. The van der Waals surface area contributed by atoms with Gasteiger partial charge in [-0.1, -0.05) is 237 Å². The molecule has 0 heterocycles. The second-order valence-electron chi connectivity index (χ2n) is 17.5. The van der Waals surface area contributed by atoms with Crippen LogP contribution in [0.3, 0.4) is 0 Å². The maximum absolute atomic E-state index is 12.4. The molecule has 0 spiro atoms. The van der Waals surface area contributed by atoms with Crippen LogP contribution in [0.15, 0.2) is 24.3 Å². The van der Waals surface area contributed by atoms with Crippen molar-refractivity contribution in [1.29, 1.82) is 0 Å². The van der Waals surface area contributed by atoms with Gasteiger partial charge in [0.25, 0.3) is 0 Å². The lowest BCUT2D eigenvalue weighted by molar-refractivity contribution is -0.143. The Labute approximate surface area is 361 Å². The predicted octanol–water partition coefficient (Wildman–Crippen LogP) is 15.1. The van der Waals surface area contributed by atoms with Crippen LogP contribution in [0.25, 0.3) is 0 Å². The lowest BCUT2D eigenvalue weighted by Gasteiger charge is -2.22. The van der Waals surface area contributed by atoms with Crippen molar-refractivity contribution in [3.05, 3.63) is 24.3 Å². The maximum Gasteiger partial charge on any atom is 0.305 e. The minimum atomic E-state index is -0.698. The summed E-state index contributed by atoms with van der Waals surface area (Å²) in [7, 11) is 0. The van der Waals surface area contributed by atoms with Crippen molar-refractivity contribution in [1.82, 2.24) is 5.32 Å². The number of amides is 1. The Morgan fingerprint density at radius 2 is 0.879 bits per heavy atom. The topological polar surface area (TPSA) is 95.9 Å². The van der Waals surface area contributed by atoms with Crippen LogP contribution in [-0.4, -0.2) is 47.4 Å². The molecule has 6 nitrogen and oxygen atoms in total. The van der Waals surface area contributed by atoms with E-state index in [0.717, 1.165) is 51.4 Å². The first-order valence-electron chi connectivity index (χ1n) is 25.6. The molecule has 2 unspecified atom stereocenters. The number of hydrogen-bond donors (Lipinski definition) is 3. The van der Waals surface area contributed by atoms with Crippen molar-refractivity contribution in [2.24, 2.45) is 0 Å². The second kappa shape index (κ2) is 48.0. The first-order chi connectivity index (χ1) is 28.5. The van der Waals surface area contributed by atoms with Gasteiger partial charge in [0.1, 0.15) is 0 Å². The third-order valence-corrected chi connectivity index (χ3v) is 11.8. The van der Waals surface area contributed by atoms with E-state index < -0.39 is 12.1 Å². The van der Waals surface area contributed by atoms with E-state index in [9.17, 15) is 19.8 Å². The first-order valence-corrected chi connectivity index (χ1v) is 25.6. The molecule has 0 fully saturated rings. The average molecular weight is 818 g/mol. The van der Waals surface area contributed by atoms with Crippen molar-refractivity contribution in [2.45, 2.75) is 283 Å². The summed E-state index contributed by atoms with van der Waals surface area (Å²) in [6.45, 7) is 4.89. The van der Waals surface area contributed by atoms with E-state index in [4.69, 9.17) is 4.74 Å². The summed E-state index contributed by atoms with van der Waals surface area (Å²) < 4.78 is 5.44. The standard InChI is InChI=1S/C52H99NO5/c1-3-5-7-9-11-13-15-17-18-21-24-28-32-36-40-44-50(55)49(48-54)53-51(56)45-41-37-33-29-25-22-19-23-27-31-35-39-43-47-58-52(57)46-42-38-34-30-26-20-16-14-12-10-8-6-4-2/h22,25,33,37,49-50,54-55H,3-21,23-24,26-32,34-36,38-48H2,1-2H3,(H,53,56)/b25-22-,37-33-. The van der Waals surface area contributed by atoms with E-state index in [1.807, 2.05) is 6.08 Å². The zero-order valence-electron chi connectivity index (χ0n) is 38.8. The number of carbonyl (C=O) groups is 2. The van der Waals surface area contributed by atoms with E-state index in [2.05, 4.69) is 37.4 Å². The molecule has 6 heteroatoms. The summed E-state index contributed by atoms with van der Waals surface area (Å²) in [5.74, 6) is -0.130. The fourth-order valence-corrected chi connectivity index (χ4v) is 7.81. The molecular formula is C52H99NO5. The smallest absolute Gasteiger partial charge is 0.305 e. The van der Waals surface area contributed by atoms with Gasteiger partial charge >= 0.3 is 5.97 Å². The van der Waals surface area contributed by atoms with Gasteiger partial charge in [0.2, 0.25) is 5.91 Å². The molecule has 0 aliphatic carbocycles. The van der Waals surface area contributed by atoms with E-state index in [1.54, 1.807) is 0 Å². The van der Waals surface area contributed by atoms with E-state index in [1.165, 1.54) is 180 Å². The molecule has 0 saturated carbocycles. The van der Waals surface area contributed by atoms with E-state index in [0.29, 0.717) is 32.3 Å². The van der Waals surface area contributed by atoms with E-state index in [-0.39, 0.29) is 18.5 Å². The number of carbonyl (C=O) groups excluding carboxylic acids is 2. The van der Waals surface area contributed by atoms with Gasteiger partial charge in [0.05, 0.1) is 25.4 Å². The average Bonchev–Trinajstić information content (AvgIpc) is 3.22. The second-order valence-corrected chi connectivity index (χ2v) is 17.5. The lowest BCUT2D eigenvalue weighted by Crippen LogP contribution is -2.45. The molecule has 58 heavy (non-hydrogen) atoms. The first kappa shape index (κ1) is 56.3. The van der Waals surface area contributed by atoms with Gasteiger partial charge in [-0.05, 0) is 44.9 Å². The van der Waals surface area contributed by atoms with Gasteiger partial charge in [0.15, 0.2) is 0 Å². The number of hydrogen-bond acceptors (Lipinski definition) is 5. The number of nitrogens with one attached hydrogen (secondary N) is 1. The number of allylic oxidation sites excluding steroid dienone is 4. The molecule has 0 aliphatic rings. The number of aliphatic hydroxyl groups excluding tert-OH is 2. The summed E-state index contributed by atoms with van der Waals surface area (Å²) in [6, 6.07) is -0.584. The normalized spacial score (nSPS) is 12.8. The third kappa shape index (κ3) is 43.9. The van der Waals surface area contributed by atoms with Gasteiger partial charge in [-0.3, -0.25) is 9.59 Å². The molecule has 2 atom stereocenters. The van der Waals surface area contributed by atoms with Crippen molar-refractivity contribution >= 4 is 11.9 Å². The highest BCUT2D eigenvalue weighted by Crippen LogP contribution is 2.16. The highest BCUT2D eigenvalue weighted by atomic mass is 16.5. The monoisotopic (exact) mass is 818 g/mol.